The van der Waals surface area contributed by atoms with Crippen molar-refractivity contribution >= 4 is 23.1 Å². The number of ether oxygens (including phenoxy) is 1. The fourth-order valence-electron chi connectivity index (χ4n) is 1.51. The molecular formula is C12H19ClN4O3. The molecule has 7 nitrogen and oxygen atoms in total. The van der Waals surface area contributed by atoms with Gasteiger partial charge in [-0.05, 0) is 13.3 Å². The highest BCUT2D eigenvalue weighted by atomic mass is 35.5. The zero-order valence-electron chi connectivity index (χ0n) is 11.9. The molecule has 20 heavy (non-hydrogen) atoms. The molecule has 112 valence electrons. The topological polar surface area (TPSA) is 90.2 Å². The summed E-state index contributed by atoms with van der Waals surface area (Å²) in [6, 6.07) is 0. The van der Waals surface area contributed by atoms with E-state index >= 15 is 0 Å². The van der Waals surface area contributed by atoms with Crippen LogP contribution in [0.2, 0.25) is 5.15 Å². The van der Waals surface area contributed by atoms with Gasteiger partial charge in [-0.3, -0.25) is 10.1 Å². The standard InChI is InChI=1S/C12H19ClN4O3/c1-4-20-7-5-6-14-12-9(17(18)19)10(13)15-11(16-12)8(2)3/h8H,4-7H2,1-3H3,(H,14,15,16). The Kier molecular flexibility index (Phi) is 6.60. The summed E-state index contributed by atoms with van der Waals surface area (Å²) in [6.45, 7) is 7.47. The van der Waals surface area contributed by atoms with E-state index in [-0.39, 0.29) is 22.6 Å². The molecule has 0 aromatic carbocycles. The number of aromatic nitrogens is 2. The van der Waals surface area contributed by atoms with Crippen LogP contribution in [0, 0.1) is 10.1 Å². The van der Waals surface area contributed by atoms with Gasteiger partial charge in [0.2, 0.25) is 11.0 Å². The molecular weight excluding hydrogens is 284 g/mol. The van der Waals surface area contributed by atoms with Gasteiger partial charge in [-0.1, -0.05) is 25.4 Å². The summed E-state index contributed by atoms with van der Waals surface area (Å²) in [6.07, 6.45) is 0.726. The van der Waals surface area contributed by atoms with Gasteiger partial charge in [-0.25, -0.2) is 9.97 Å². The van der Waals surface area contributed by atoms with E-state index in [9.17, 15) is 10.1 Å². The summed E-state index contributed by atoms with van der Waals surface area (Å²) < 4.78 is 5.20. The third-order valence-electron chi connectivity index (χ3n) is 2.52. The van der Waals surface area contributed by atoms with Crippen molar-refractivity contribution in [2.45, 2.75) is 33.1 Å². The van der Waals surface area contributed by atoms with Gasteiger partial charge in [0.25, 0.3) is 0 Å². The number of nitro groups is 1. The van der Waals surface area contributed by atoms with E-state index in [2.05, 4.69) is 15.3 Å². The van der Waals surface area contributed by atoms with Gasteiger partial charge >= 0.3 is 5.69 Å². The molecule has 8 heteroatoms. The lowest BCUT2D eigenvalue weighted by atomic mass is 10.2. The molecule has 0 saturated heterocycles. The van der Waals surface area contributed by atoms with Crippen LogP contribution in [0.3, 0.4) is 0 Å². The van der Waals surface area contributed by atoms with Crippen molar-refractivity contribution in [3.63, 3.8) is 0 Å². The zero-order chi connectivity index (χ0) is 15.1. The summed E-state index contributed by atoms with van der Waals surface area (Å²) in [5.74, 6) is 0.681. The van der Waals surface area contributed by atoms with Crippen LogP contribution in [0.1, 0.15) is 38.9 Å². The second-order valence-corrected chi connectivity index (χ2v) is 4.82. The van der Waals surface area contributed by atoms with Gasteiger partial charge in [0.05, 0.1) is 4.92 Å². The largest absolute Gasteiger partial charge is 0.382 e. The molecule has 0 aliphatic heterocycles. The van der Waals surface area contributed by atoms with E-state index in [0.717, 1.165) is 6.42 Å². The molecule has 0 unspecified atom stereocenters. The number of hydrogen-bond donors (Lipinski definition) is 1. The Hall–Kier alpha value is -1.47. The van der Waals surface area contributed by atoms with Crippen molar-refractivity contribution in [2.75, 3.05) is 25.1 Å². The maximum atomic E-state index is 11.0. The van der Waals surface area contributed by atoms with Crippen LogP contribution in [0.15, 0.2) is 0 Å². The van der Waals surface area contributed by atoms with Crippen LogP contribution in [-0.4, -0.2) is 34.6 Å². The summed E-state index contributed by atoms with van der Waals surface area (Å²) in [5, 5.41) is 13.8. The molecule has 0 aliphatic carbocycles. The van der Waals surface area contributed by atoms with Gasteiger partial charge in [-0.2, -0.15) is 0 Å². The Morgan fingerprint density at radius 1 is 1.45 bits per heavy atom. The number of rotatable bonds is 8. The first-order chi connectivity index (χ1) is 9.47. The average Bonchev–Trinajstić information content (AvgIpc) is 2.37. The Morgan fingerprint density at radius 2 is 2.15 bits per heavy atom. The second-order valence-electron chi connectivity index (χ2n) is 4.46. The maximum absolute atomic E-state index is 11.0. The molecule has 1 heterocycles. The minimum atomic E-state index is -0.572. The molecule has 1 aromatic heterocycles. The second kappa shape index (κ2) is 7.96. The van der Waals surface area contributed by atoms with E-state index in [4.69, 9.17) is 16.3 Å². The Bertz CT molecular complexity index is 468. The summed E-state index contributed by atoms with van der Waals surface area (Å²) >= 11 is 5.88. The quantitative estimate of drug-likeness (QED) is 0.343. The van der Waals surface area contributed by atoms with Crippen molar-refractivity contribution in [3.8, 4) is 0 Å². The van der Waals surface area contributed by atoms with E-state index in [1.807, 2.05) is 20.8 Å². The van der Waals surface area contributed by atoms with Crippen molar-refractivity contribution in [1.29, 1.82) is 0 Å². The Morgan fingerprint density at radius 3 is 2.70 bits per heavy atom. The van der Waals surface area contributed by atoms with Gasteiger partial charge in [0.15, 0.2) is 0 Å². The minimum Gasteiger partial charge on any atom is -0.382 e. The van der Waals surface area contributed by atoms with E-state index in [1.54, 1.807) is 0 Å². The van der Waals surface area contributed by atoms with Gasteiger partial charge in [0, 0.05) is 25.7 Å². The Labute approximate surface area is 122 Å². The van der Waals surface area contributed by atoms with Crippen molar-refractivity contribution in [2.24, 2.45) is 0 Å². The van der Waals surface area contributed by atoms with Crippen LogP contribution in [0.4, 0.5) is 11.5 Å². The number of anilines is 1. The molecule has 1 N–H and O–H groups in total. The highest BCUT2D eigenvalue weighted by molar-refractivity contribution is 6.31. The van der Waals surface area contributed by atoms with Crippen LogP contribution < -0.4 is 5.32 Å². The Balaban J connectivity index is 2.87. The fourth-order valence-corrected chi connectivity index (χ4v) is 1.76. The van der Waals surface area contributed by atoms with E-state index < -0.39 is 4.92 Å². The predicted molar refractivity (Wildman–Crippen MR) is 77.4 cm³/mol. The zero-order valence-corrected chi connectivity index (χ0v) is 12.6. The van der Waals surface area contributed by atoms with Crippen LogP contribution in [0.5, 0.6) is 0 Å². The normalized spacial score (nSPS) is 10.8. The molecule has 0 radical (unpaired) electrons. The monoisotopic (exact) mass is 302 g/mol. The molecule has 1 rings (SSSR count). The van der Waals surface area contributed by atoms with Gasteiger partial charge < -0.3 is 10.1 Å². The third-order valence-corrected chi connectivity index (χ3v) is 2.78. The highest BCUT2D eigenvalue weighted by Gasteiger charge is 2.24. The average molecular weight is 303 g/mol. The third kappa shape index (κ3) is 4.57. The van der Waals surface area contributed by atoms with Crippen LogP contribution >= 0.6 is 11.6 Å². The van der Waals surface area contributed by atoms with Gasteiger partial charge in [-0.15, -0.1) is 0 Å². The molecule has 0 aliphatic rings. The lowest BCUT2D eigenvalue weighted by Gasteiger charge is -2.10. The van der Waals surface area contributed by atoms with Crippen molar-refractivity contribution in [3.05, 3.63) is 21.1 Å². The fraction of sp³-hybridized carbons (Fsp3) is 0.667. The maximum Gasteiger partial charge on any atom is 0.348 e. The SMILES string of the molecule is CCOCCCNc1nc(C(C)C)nc(Cl)c1[N+](=O)[O-]. The molecule has 0 spiro atoms. The van der Waals surface area contributed by atoms with E-state index in [0.29, 0.717) is 25.6 Å². The molecule has 0 atom stereocenters. The molecule has 0 saturated carbocycles. The first-order valence-corrected chi connectivity index (χ1v) is 6.88. The van der Waals surface area contributed by atoms with Crippen molar-refractivity contribution in [1.82, 2.24) is 9.97 Å². The number of hydrogen-bond acceptors (Lipinski definition) is 6. The number of nitrogens with one attached hydrogen (secondary N) is 1. The summed E-state index contributed by atoms with van der Waals surface area (Å²) in [4.78, 5) is 18.6. The first kappa shape index (κ1) is 16.6. The van der Waals surface area contributed by atoms with E-state index in [1.165, 1.54) is 0 Å². The van der Waals surface area contributed by atoms with Crippen LogP contribution in [-0.2, 0) is 4.74 Å². The van der Waals surface area contributed by atoms with Crippen LogP contribution in [0.25, 0.3) is 0 Å². The number of halogens is 1. The van der Waals surface area contributed by atoms with Crippen molar-refractivity contribution < 1.29 is 9.66 Å². The van der Waals surface area contributed by atoms with Gasteiger partial charge in [0.1, 0.15) is 5.82 Å². The molecule has 1 aromatic rings. The lowest BCUT2D eigenvalue weighted by molar-refractivity contribution is -0.384. The molecule has 0 bridgehead atoms. The summed E-state index contributed by atoms with van der Waals surface area (Å²) in [5.41, 5.74) is -0.285. The number of nitrogens with zero attached hydrogens (tertiary/aromatic N) is 3. The predicted octanol–water partition coefficient (Wildman–Crippen LogP) is 3.00. The molecule has 0 amide bonds. The highest BCUT2D eigenvalue weighted by Crippen LogP contribution is 2.30. The minimum absolute atomic E-state index is 0.0391. The summed E-state index contributed by atoms with van der Waals surface area (Å²) in [7, 11) is 0. The molecule has 0 fully saturated rings. The first-order valence-electron chi connectivity index (χ1n) is 6.50. The lowest BCUT2D eigenvalue weighted by Crippen LogP contribution is -2.12. The smallest absolute Gasteiger partial charge is 0.348 e.